The minimum Gasteiger partial charge on any atom is -0.378 e. The number of hydrogen-bond donors (Lipinski definition) is 1. The van der Waals surface area contributed by atoms with E-state index in [9.17, 15) is 4.79 Å². The van der Waals surface area contributed by atoms with Crippen LogP contribution < -0.4 is 5.32 Å². The van der Waals surface area contributed by atoms with E-state index in [0.29, 0.717) is 19.3 Å². The number of nitrogens with one attached hydrogen (secondary N) is 1. The summed E-state index contributed by atoms with van der Waals surface area (Å²) in [6.07, 6.45) is 8.17. The molecule has 1 saturated carbocycles. The molecular formula is C16H28N2O3. The molecule has 0 aromatic heterocycles. The largest absolute Gasteiger partial charge is 0.378 e. The van der Waals surface area contributed by atoms with Gasteiger partial charge in [-0.3, -0.25) is 0 Å². The number of urea groups is 1. The van der Waals surface area contributed by atoms with E-state index in [2.05, 4.69) is 12.2 Å². The number of carbonyl (C=O) groups excluding carboxylic acids is 1. The van der Waals surface area contributed by atoms with Crippen LogP contribution in [-0.4, -0.2) is 55.0 Å². The first-order valence-electron chi connectivity index (χ1n) is 8.48. The maximum Gasteiger partial charge on any atom is 0.317 e. The molecule has 120 valence electrons. The van der Waals surface area contributed by atoms with Gasteiger partial charge in [0, 0.05) is 19.2 Å². The topological polar surface area (TPSA) is 50.8 Å². The molecule has 1 aliphatic carbocycles. The van der Waals surface area contributed by atoms with Gasteiger partial charge in [0.1, 0.15) is 0 Å². The smallest absolute Gasteiger partial charge is 0.317 e. The third kappa shape index (κ3) is 3.69. The lowest BCUT2D eigenvalue weighted by Gasteiger charge is -2.40. The Morgan fingerprint density at radius 2 is 2.14 bits per heavy atom. The van der Waals surface area contributed by atoms with E-state index in [1.807, 2.05) is 4.90 Å². The van der Waals surface area contributed by atoms with Gasteiger partial charge in [0.15, 0.2) is 0 Å². The predicted octanol–water partition coefficient (Wildman–Crippen LogP) is 2.30. The van der Waals surface area contributed by atoms with Gasteiger partial charge in [-0.25, -0.2) is 4.79 Å². The number of hydrogen-bond acceptors (Lipinski definition) is 3. The van der Waals surface area contributed by atoms with Crippen molar-refractivity contribution in [2.75, 3.05) is 26.3 Å². The number of rotatable bonds is 3. The Bertz CT molecular complexity index is 363. The van der Waals surface area contributed by atoms with Gasteiger partial charge in [0.05, 0.1) is 24.9 Å². The standard InChI is InChI=1S/C16H28N2O3/c1-13(11-14-5-4-9-20-14)17-15(19)18-8-10-21-16(12-18)6-2-3-7-16/h13-14H,2-12H2,1H3,(H,17,19). The Balaban J connectivity index is 1.47. The quantitative estimate of drug-likeness (QED) is 0.869. The van der Waals surface area contributed by atoms with E-state index < -0.39 is 0 Å². The average Bonchev–Trinajstić information content (AvgIpc) is 3.11. The second-order valence-corrected chi connectivity index (χ2v) is 6.88. The molecule has 2 aliphatic heterocycles. The summed E-state index contributed by atoms with van der Waals surface area (Å²) in [5.74, 6) is 0. The van der Waals surface area contributed by atoms with Crippen molar-refractivity contribution in [2.45, 2.75) is 69.6 Å². The molecule has 5 heteroatoms. The van der Waals surface area contributed by atoms with Crippen LogP contribution >= 0.6 is 0 Å². The summed E-state index contributed by atoms with van der Waals surface area (Å²) >= 11 is 0. The zero-order chi connectivity index (χ0) is 14.7. The number of nitrogens with zero attached hydrogens (tertiary/aromatic N) is 1. The molecule has 0 bridgehead atoms. The van der Waals surface area contributed by atoms with Crippen molar-refractivity contribution in [3.8, 4) is 0 Å². The van der Waals surface area contributed by atoms with Crippen LogP contribution in [0.25, 0.3) is 0 Å². The van der Waals surface area contributed by atoms with E-state index in [1.54, 1.807) is 0 Å². The summed E-state index contributed by atoms with van der Waals surface area (Å²) in [6, 6.07) is 0.234. The SMILES string of the molecule is CC(CC1CCCO1)NC(=O)N1CCOC2(CCCC2)C1. The number of morpholine rings is 1. The molecule has 2 atom stereocenters. The van der Waals surface area contributed by atoms with E-state index in [4.69, 9.17) is 9.47 Å². The lowest BCUT2D eigenvalue weighted by Crippen LogP contribution is -2.56. The van der Waals surface area contributed by atoms with Crippen LogP contribution in [0.4, 0.5) is 4.79 Å². The van der Waals surface area contributed by atoms with Crippen molar-refractivity contribution in [2.24, 2.45) is 0 Å². The molecule has 1 N–H and O–H groups in total. The summed E-state index contributed by atoms with van der Waals surface area (Å²) in [7, 11) is 0. The first kappa shape index (κ1) is 15.1. The van der Waals surface area contributed by atoms with Gasteiger partial charge in [0.2, 0.25) is 0 Å². The monoisotopic (exact) mass is 296 g/mol. The molecule has 0 aromatic carbocycles. The fourth-order valence-electron chi connectivity index (χ4n) is 3.93. The normalized spacial score (nSPS) is 29.8. The molecule has 2 heterocycles. The number of ether oxygens (including phenoxy) is 2. The van der Waals surface area contributed by atoms with Crippen LogP contribution in [0.15, 0.2) is 0 Å². The summed E-state index contributed by atoms with van der Waals surface area (Å²) in [4.78, 5) is 14.4. The van der Waals surface area contributed by atoms with Gasteiger partial charge < -0.3 is 19.7 Å². The van der Waals surface area contributed by atoms with Crippen molar-refractivity contribution in [3.63, 3.8) is 0 Å². The minimum atomic E-state index is -0.0482. The zero-order valence-electron chi connectivity index (χ0n) is 13.1. The van der Waals surface area contributed by atoms with E-state index in [1.165, 1.54) is 12.8 Å². The van der Waals surface area contributed by atoms with Gasteiger partial charge in [-0.15, -0.1) is 0 Å². The van der Waals surface area contributed by atoms with Gasteiger partial charge >= 0.3 is 6.03 Å². The van der Waals surface area contributed by atoms with Crippen LogP contribution in [0.2, 0.25) is 0 Å². The minimum absolute atomic E-state index is 0.0482. The number of amides is 2. The first-order chi connectivity index (χ1) is 10.2. The highest BCUT2D eigenvalue weighted by Gasteiger charge is 2.40. The molecule has 2 saturated heterocycles. The molecule has 3 rings (SSSR count). The molecule has 21 heavy (non-hydrogen) atoms. The summed E-state index contributed by atoms with van der Waals surface area (Å²) in [5.41, 5.74) is -0.0482. The van der Waals surface area contributed by atoms with Crippen molar-refractivity contribution in [3.05, 3.63) is 0 Å². The summed E-state index contributed by atoms with van der Waals surface area (Å²) in [5, 5.41) is 3.13. The van der Waals surface area contributed by atoms with Crippen molar-refractivity contribution in [1.82, 2.24) is 10.2 Å². The van der Waals surface area contributed by atoms with Crippen molar-refractivity contribution in [1.29, 1.82) is 0 Å². The highest BCUT2D eigenvalue weighted by atomic mass is 16.5. The second kappa shape index (κ2) is 6.53. The van der Waals surface area contributed by atoms with Crippen LogP contribution in [0.5, 0.6) is 0 Å². The van der Waals surface area contributed by atoms with Gasteiger partial charge in [-0.1, -0.05) is 12.8 Å². The molecular weight excluding hydrogens is 268 g/mol. The Morgan fingerprint density at radius 1 is 1.33 bits per heavy atom. The highest BCUT2D eigenvalue weighted by Crippen LogP contribution is 2.35. The Kier molecular flexibility index (Phi) is 4.69. The Hall–Kier alpha value is -0.810. The third-order valence-electron chi connectivity index (χ3n) is 5.06. The zero-order valence-corrected chi connectivity index (χ0v) is 13.1. The summed E-state index contributed by atoms with van der Waals surface area (Å²) < 4.78 is 11.6. The molecule has 2 amide bonds. The fraction of sp³-hybridized carbons (Fsp3) is 0.938. The Morgan fingerprint density at radius 3 is 2.86 bits per heavy atom. The Labute approximate surface area is 127 Å². The van der Waals surface area contributed by atoms with Crippen LogP contribution in [0.1, 0.15) is 51.9 Å². The number of carbonyl (C=O) groups is 1. The first-order valence-corrected chi connectivity index (χ1v) is 8.48. The molecule has 0 aromatic rings. The van der Waals surface area contributed by atoms with Gasteiger partial charge in [0.25, 0.3) is 0 Å². The van der Waals surface area contributed by atoms with Crippen LogP contribution in [-0.2, 0) is 9.47 Å². The van der Waals surface area contributed by atoms with E-state index >= 15 is 0 Å². The van der Waals surface area contributed by atoms with E-state index in [0.717, 1.165) is 45.3 Å². The van der Waals surface area contributed by atoms with E-state index in [-0.39, 0.29) is 17.7 Å². The molecule has 5 nitrogen and oxygen atoms in total. The molecule has 2 unspecified atom stereocenters. The van der Waals surface area contributed by atoms with Gasteiger partial charge in [-0.05, 0) is 39.0 Å². The third-order valence-corrected chi connectivity index (χ3v) is 5.06. The van der Waals surface area contributed by atoms with Gasteiger partial charge in [-0.2, -0.15) is 0 Å². The van der Waals surface area contributed by atoms with Crippen molar-refractivity contribution < 1.29 is 14.3 Å². The summed E-state index contributed by atoms with van der Waals surface area (Å²) in [6.45, 7) is 5.09. The fourth-order valence-corrected chi connectivity index (χ4v) is 3.93. The second-order valence-electron chi connectivity index (χ2n) is 6.88. The predicted molar refractivity (Wildman–Crippen MR) is 80.3 cm³/mol. The maximum atomic E-state index is 12.4. The molecule has 0 radical (unpaired) electrons. The lowest BCUT2D eigenvalue weighted by molar-refractivity contribution is -0.0927. The highest BCUT2D eigenvalue weighted by molar-refractivity contribution is 5.74. The van der Waals surface area contributed by atoms with Crippen molar-refractivity contribution >= 4 is 6.03 Å². The molecule has 3 aliphatic rings. The lowest BCUT2D eigenvalue weighted by atomic mass is 10.00. The maximum absolute atomic E-state index is 12.4. The van der Waals surface area contributed by atoms with Crippen LogP contribution in [0.3, 0.4) is 0 Å². The molecule has 1 spiro atoms. The molecule has 3 fully saturated rings. The van der Waals surface area contributed by atoms with Crippen LogP contribution in [0, 0.1) is 0 Å². The average molecular weight is 296 g/mol.